The van der Waals surface area contributed by atoms with Gasteiger partial charge in [-0.3, -0.25) is 0 Å². The highest BCUT2D eigenvalue weighted by Gasteiger charge is 2.15. The molecule has 0 aromatic heterocycles. The Morgan fingerprint density at radius 2 is 1.79 bits per heavy atom. The number of nitrogens with zero attached hydrogens (tertiary/aromatic N) is 1. The van der Waals surface area contributed by atoms with E-state index in [9.17, 15) is 13.6 Å². The van der Waals surface area contributed by atoms with Gasteiger partial charge in [-0.15, -0.1) is 0 Å². The van der Waals surface area contributed by atoms with Crippen LogP contribution in [-0.4, -0.2) is 24.7 Å². The number of aryl methyl sites for hydroxylation is 1. The van der Waals surface area contributed by atoms with Gasteiger partial charge in [-0.2, -0.15) is 0 Å². The third-order valence-corrected chi connectivity index (χ3v) is 4.32. The van der Waals surface area contributed by atoms with Crippen LogP contribution in [0.25, 0.3) is 11.1 Å². The van der Waals surface area contributed by atoms with Gasteiger partial charge in [0.1, 0.15) is 17.4 Å². The number of hydrogen-bond acceptors (Lipinski definition) is 3. The van der Waals surface area contributed by atoms with Gasteiger partial charge in [0, 0.05) is 18.8 Å². The Morgan fingerprint density at radius 3 is 2.50 bits per heavy atom. The van der Waals surface area contributed by atoms with Crippen molar-refractivity contribution >= 4 is 17.3 Å². The summed E-state index contributed by atoms with van der Waals surface area (Å²) in [4.78, 5) is 12.3. The average molecular weight is 383 g/mol. The van der Waals surface area contributed by atoms with Gasteiger partial charge in [0.2, 0.25) is 0 Å². The van der Waals surface area contributed by atoms with E-state index >= 15 is 0 Å². The van der Waals surface area contributed by atoms with E-state index in [1.54, 1.807) is 67.4 Å². The van der Waals surface area contributed by atoms with Gasteiger partial charge in [-0.25, -0.2) is 13.6 Å². The maximum absolute atomic E-state index is 14.8. The molecule has 0 atom stereocenters. The van der Waals surface area contributed by atoms with Gasteiger partial charge >= 0.3 is 5.97 Å². The van der Waals surface area contributed by atoms with Crippen LogP contribution in [0.3, 0.4) is 0 Å². The highest BCUT2D eigenvalue weighted by molar-refractivity contribution is 5.74. The Balaban J connectivity index is 1.98. The van der Waals surface area contributed by atoms with E-state index in [4.69, 9.17) is 9.84 Å². The predicted octanol–water partition coefficient (Wildman–Crippen LogP) is 5.17. The molecule has 28 heavy (non-hydrogen) atoms. The molecular weight excluding hydrogens is 364 g/mol. The number of anilines is 2. The van der Waals surface area contributed by atoms with Crippen molar-refractivity contribution in [2.24, 2.45) is 0 Å². The molecule has 0 aliphatic rings. The highest BCUT2D eigenvalue weighted by Crippen LogP contribution is 2.34. The second-order valence-corrected chi connectivity index (χ2v) is 6.38. The van der Waals surface area contributed by atoms with Gasteiger partial charge in [-0.1, -0.05) is 18.2 Å². The normalized spacial score (nSPS) is 10.6. The maximum Gasteiger partial charge on any atom is 0.341 e. The number of aliphatic carboxylic acids is 1. The van der Waals surface area contributed by atoms with Gasteiger partial charge in [-0.05, 0) is 60.0 Å². The zero-order chi connectivity index (χ0) is 20.3. The molecule has 0 aliphatic carbocycles. The molecule has 0 radical (unpaired) electrons. The molecular formula is C22H19F2NO3. The molecule has 4 nitrogen and oxygen atoms in total. The van der Waals surface area contributed by atoms with Crippen LogP contribution in [0.1, 0.15) is 5.56 Å². The molecule has 0 aliphatic heterocycles. The number of carbonyl (C=O) groups is 1. The van der Waals surface area contributed by atoms with Gasteiger partial charge in [0.15, 0.2) is 6.61 Å². The van der Waals surface area contributed by atoms with Crippen molar-refractivity contribution in [2.45, 2.75) is 6.92 Å². The Labute approximate surface area is 161 Å². The second-order valence-electron chi connectivity index (χ2n) is 6.38. The fraction of sp³-hybridized carbons (Fsp3) is 0.136. The van der Waals surface area contributed by atoms with Gasteiger partial charge < -0.3 is 14.7 Å². The summed E-state index contributed by atoms with van der Waals surface area (Å²) in [5.74, 6) is -1.47. The third-order valence-electron chi connectivity index (χ3n) is 4.32. The first-order chi connectivity index (χ1) is 13.3. The first kappa shape index (κ1) is 19.4. The number of halogens is 2. The number of rotatable bonds is 6. The van der Waals surface area contributed by atoms with Crippen molar-refractivity contribution in [3.63, 3.8) is 0 Å². The van der Waals surface area contributed by atoms with E-state index in [2.05, 4.69) is 0 Å². The smallest absolute Gasteiger partial charge is 0.341 e. The first-order valence-corrected chi connectivity index (χ1v) is 8.59. The molecule has 0 saturated carbocycles. The quantitative estimate of drug-likeness (QED) is 0.638. The molecule has 1 N–H and O–H groups in total. The van der Waals surface area contributed by atoms with Crippen molar-refractivity contribution in [3.8, 4) is 16.9 Å². The molecule has 3 aromatic rings. The van der Waals surface area contributed by atoms with Crippen LogP contribution < -0.4 is 9.64 Å². The molecule has 3 aromatic carbocycles. The van der Waals surface area contributed by atoms with Crippen LogP contribution in [-0.2, 0) is 4.79 Å². The lowest BCUT2D eigenvalue weighted by Gasteiger charge is -2.22. The van der Waals surface area contributed by atoms with Crippen LogP contribution in [0.4, 0.5) is 20.2 Å². The number of carboxylic acid groups (broad SMARTS) is 1. The fourth-order valence-corrected chi connectivity index (χ4v) is 2.90. The molecule has 0 amide bonds. The standard InChI is InChI=1S/C22H19F2NO3/c1-14-9-16(15-5-3-6-17(23)10-15)11-20(22(14)24)25(2)18-7-4-8-19(12-18)28-13-21(26)27/h3-12H,13H2,1-2H3,(H,26,27). The summed E-state index contributed by atoms with van der Waals surface area (Å²) in [6.45, 7) is 1.19. The fourth-order valence-electron chi connectivity index (χ4n) is 2.90. The minimum Gasteiger partial charge on any atom is -0.482 e. The largest absolute Gasteiger partial charge is 0.482 e. The highest BCUT2D eigenvalue weighted by atomic mass is 19.1. The molecule has 0 saturated heterocycles. The van der Waals surface area contributed by atoms with E-state index in [-0.39, 0.29) is 11.6 Å². The second kappa shape index (κ2) is 8.08. The molecule has 6 heteroatoms. The Bertz CT molecular complexity index is 1020. The molecule has 0 unspecified atom stereocenters. The first-order valence-electron chi connectivity index (χ1n) is 8.59. The van der Waals surface area contributed by atoms with E-state index in [0.717, 1.165) is 0 Å². The van der Waals surface area contributed by atoms with E-state index in [0.29, 0.717) is 33.8 Å². The average Bonchev–Trinajstić information content (AvgIpc) is 2.68. The summed E-state index contributed by atoms with van der Waals surface area (Å²) < 4.78 is 33.6. The van der Waals surface area contributed by atoms with Crippen molar-refractivity contribution < 1.29 is 23.4 Å². The summed E-state index contributed by atoms with van der Waals surface area (Å²) in [7, 11) is 1.70. The summed E-state index contributed by atoms with van der Waals surface area (Å²) in [6.07, 6.45) is 0. The number of ether oxygens (including phenoxy) is 1. The van der Waals surface area contributed by atoms with Crippen LogP contribution >= 0.6 is 0 Å². The van der Waals surface area contributed by atoms with Crippen molar-refractivity contribution in [3.05, 3.63) is 77.9 Å². The topological polar surface area (TPSA) is 49.8 Å². The number of hydrogen-bond donors (Lipinski definition) is 1. The number of carboxylic acids is 1. The van der Waals surface area contributed by atoms with Crippen molar-refractivity contribution in [2.75, 3.05) is 18.6 Å². The van der Waals surface area contributed by atoms with Gasteiger partial charge in [0.05, 0.1) is 5.69 Å². The van der Waals surface area contributed by atoms with Crippen molar-refractivity contribution in [1.82, 2.24) is 0 Å². The minimum absolute atomic E-state index is 0.314. The summed E-state index contributed by atoms with van der Waals surface area (Å²) in [5, 5.41) is 8.74. The predicted molar refractivity (Wildman–Crippen MR) is 104 cm³/mol. The Kier molecular flexibility index (Phi) is 5.59. The van der Waals surface area contributed by atoms with Crippen LogP contribution in [0.5, 0.6) is 5.75 Å². The summed E-state index contributed by atoms with van der Waals surface area (Å²) in [5.41, 5.74) is 2.71. The third kappa shape index (κ3) is 4.28. The van der Waals surface area contributed by atoms with Crippen LogP contribution in [0.2, 0.25) is 0 Å². The monoisotopic (exact) mass is 383 g/mol. The summed E-state index contributed by atoms with van der Waals surface area (Å²) in [6, 6.07) is 16.2. The van der Waals surface area contributed by atoms with Crippen LogP contribution in [0, 0.1) is 18.6 Å². The van der Waals surface area contributed by atoms with E-state index < -0.39 is 12.6 Å². The van der Waals surface area contributed by atoms with Crippen molar-refractivity contribution in [1.29, 1.82) is 0 Å². The van der Waals surface area contributed by atoms with Crippen LogP contribution in [0.15, 0.2) is 60.7 Å². The molecule has 3 rings (SSSR count). The van der Waals surface area contributed by atoms with Gasteiger partial charge in [0.25, 0.3) is 0 Å². The van der Waals surface area contributed by atoms with E-state index in [1.165, 1.54) is 12.1 Å². The number of benzene rings is 3. The Morgan fingerprint density at radius 1 is 1.04 bits per heavy atom. The molecule has 144 valence electrons. The lowest BCUT2D eigenvalue weighted by atomic mass is 10.0. The lowest BCUT2D eigenvalue weighted by molar-refractivity contribution is -0.139. The molecule has 0 spiro atoms. The molecule has 0 heterocycles. The van der Waals surface area contributed by atoms with E-state index in [1.807, 2.05) is 0 Å². The molecule has 0 bridgehead atoms. The summed E-state index contributed by atoms with van der Waals surface area (Å²) >= 11 is 0. The SMILES string of the molecule is Cc1cc(-c2cccc(F)c2)cc(N(C)c2cccc(OCC(=O)O)c2)c1F. The Hall–Kier alpha value is -3.41. The lowest BCUT2D eigenvalue weighted by Crippen LogP contribution is -2.13. The minimum atomic E-state index is -1.08. The molecule has 0 fully saturated rings. The zero-order valence-corrected chi connectivity index (χ0v) is 15.4. The maximum atomic E-state index is 14.8. The zero-order valence-electron chi connectivity index (χ0n) is 15.4.